The van der Waals surface area contributed by atoms with Crippen LogP contribution in [0.4, 0.5) is 5.69 Å². The van der Waals surface area contributed by atoms with Crippen molar-refractivity contribution in [2.45, 2.75) is 78.6 Å². The summed E-state index contributed by atoms with van der Waals surface area (Å²) in [5, 5.41) is 5.74. The molecule has 0 fully saturated rings. The molecule has 0 aromatic heterocycles. The molecule has 0 aliphatic carbocycles. The summed E-state index contributed by atoms with van der Waals surface area (Å²) in [6.07, 6.45) is 12.2. The molecule has 0 aliphatic rings. The van der Waals surface area contributed by atoms with Crippen molar-refractivity contribution in [1.82, 2.24) is 5.32 Å². The van der Waals surface area contributed by atoms with E-state index in [2.05, 4.69) is 24.5 Å². The molecule has 0 unspecified atom stereocenters. The number of hydrogen-bond acceptors (Lipinski definition) is 3. The highest BCUT2D eigenvalue weighted by atomic mass is 16.5. The molecule has 0 saturated carbocycles. The monoisotopic (exact) mass is 540 g/mol. The maximum Gasteiger partial charge on any atom is 0.272 e. The lowest BCUT2D eigenvalue weighted by atomic mass is 10.1. The Labute approximate surface area is 240 Å². The molecule has 0 bridgehead atoms. The molecule has 0 atom stereocenters. The third kappa shape index (κ3) is 10.7. The molecule has 0 aliphatic heterocycles. The molecule has 5 heteroatoms. The van der Waals surface area contributed by atoms with Crippen LogP contribution in [0.15, 0.2) is 78.5 Å². The van der Waals surface area contributed by atoms with E-state index in [1.54, 1.807) is 6.08 Å². The molecule has 2 amide bonds. The Morgan fingerprint density at radius 2 is 1.40 bits per heavy atom. The summed E-state index contributed by atoms with van der Waals surface area (Å²) in [6, 6.07) is 22.7. The second-order valence-electron chi connectivity index (χ2n) is 10.3. The van der Waals surface area contributed by atoms with Gasteiger partial charge in [0.05, 0.1) is 6.61 Å². The standard InChI is InChI=1S/C35H44N2O3/c1-4-6-8-9-10-11-25-40-32-23-21-31(22-24-32)36-35(39)33(26-29-15-13-27(3)14-16-29)37-34(38)30-19-17-28(18-20-30)12-7-5-2/h13-24,26H,4-12,25H2,1-3H3,(H,36,39)(H,37,38)/b33-26-. The van der Waals surface area contributed by atoms with E-state index in [1.807, 2.05) is 79.7 Å². The number of rotatable bonds is 16. The van der Waals surface area contributed by atoms with Crippen LogP contribution in [0, 0.1) is 6.92 Å². The summed E-state index contributed by atoms with van der Waals surface area (Å²) in [6.45, 7) is 7.08. The Morgan fingerprint density at radius 1 is 0.750 bits per heavy atom. The Balaban J connectivity index is 1.64. The minimum absolute atomic E-state index is 0.173. The van der Waals surface area contributed by atoms with Gasteiger partial charge in [-0.15, -0.1) is 0 Å². The molecule has 3 aromatic rings. The third-order valence-electron chi connectivity index (χ3n) is 6.80. The third-order valence-corrected chi connectivity index (χ3v) is 6.80. The Bertz CT molecular complexity index is 1210. The SMILES string of the molecule is CCCCCCCCOc1ccc(NC(=O)/C(=C/c2ccc(C)cc2)NC(=O)c2ccc(CCCC)cc2)cc1. The summed E-state index contributed by atoms with van der Waals surface area (Å²) in [4.78, 5) is 26.4. The van der Waals surface area contributed by atoms with Gasteiger partial charge in [0.2, 0.25) is 0 Å². The van der Waals surface area contributed by atoms with Crippen LogP contribution in [0.5, 0.6) is 5.75 Å². The predicted octanol–water partition coefficient (Wildman–Crippen LogP) is 8.49. The number of anilines is 1. The summed E-state index contributed by atoms with van der Waals surface area (Å²) >= 11 is 0. The summed E-state index contributed by atoms with van der Waals surface area (Å²) in [5.41, 5.74) is 4.45. The second-order valence-corrected chi connectivity index (χ2v) is 10.3. The van der Waals surface area contributed by atoms with Gasteiger partial charge in [0.1, 0.15) is 11.4 Å². The second kappa shape index (κ2) is 17.0. The molecule has 0 saturated heterocycles. The van der Waals surface area contributed by atoms with E-state index >= 15 is 0 Å². The van der Waals surface area contributed by atoms with Crippen LogP contribution < -0.4 is 15.4 Å². The minimum atomic E-state index is -0.394. The molecular weight excluding hydrogens is 496 g/mol. The molecular formula is C35H44N2O3. The molecule has 0 spiro atoms. The molecule has 5 nitrogen and oxygen atoms in total. The van der Waals surface area contributed by atoms with Crippen LogP contribution in [0.3, 0.4) is 0 Å². The van der Waals surface area contributed by atoms with Crippen molar-refractivity contribution in [2.75, 3.05) is 11.9 Å². The van der Waals surface area contributed by atoms with E-state index in [1.165, 1.54) is 37.7 Å². The van der Waals surface area contributed by atoms with E-state index in [0.717, 1.165) is 42.6 Å². The smallest absolute Gasteiger partial charge is 0.272 e. The maximum absolute atomic E-state index is 13.3. The van der Waals surface area contributed by atoms with Gasteiger partial charge >= 0.3 is 0 Å². The van der Waals surface area contributed by atoms with Gasteiger partial charge in [0.15, 0.2) is 0 Å². The minimum Gasteiger partial charge on any atom is -0.494 e. The van der Waals surface area contributed by atoms with Gasteiger partial charge in [-0.1, -0.05) is 94.3 Å². The number of ether oxygens (including phenoxy) is 1. The first-order chi connectivity index (χ1) is 19.5. The van der Waals surface area contributed by atoms with Crippen molar-refractivity contribution in [2.24, 2.45) is 0 Å². The fraction of sp³-hybridized carbons (Fsp3) is 0.371. The van der Waals surface area contributed by atoms with E-state index in [0.29, 0.717) is 17.9 Å². The molecule has 40 heavy (non-hydrogen) atoms. The number of carbonyl (C=O) groups is 2. The van der Waals surface area contributed by atoms with Gasteiger partial charge < -0.3 is 15.4 Å². The van der Waals surface area contributed by atoms with Gasteiger partial charge in [-0.3, -0.25) is 9.59 Å². The highest BCUT2D eigenvalue weighted by Crippen LogP contribution is 2.18. The molecule has 3 aromatic carbocycles. The molecule has 0 heterocycles. The molecule has 2 N–H and O–H groups in total. The van der Waals surface area contributed by atoms with Crippen LogP contribution >= 0.6 is 0 Å². The number of unbranched alkanes of at least 4 members (excludes halogenated alkanes) is 6. The average molecular weight is 541 g/mol. The van der Waals surface area contributed by atoms with Crippen molar-refractivity contribution >= 4 is 23.6 Å². The summed E-state index contributed by atoms with van der Waals surface area (Å²) in [5.74, 6) is 0.0564. The van der Waals surface area contributed by atoms with Crippen molar-refractivity contribution in [3.8, 4) is 5.75 Å². The predicted molar refractivity (Wildman–Crippen MR) is 166 cm³/mol. The zero-order valence-electron chi connectivity index (χ0n) is 24.3. The fourth-order valence-corrected chi connectivity index (χ4v) is 4.29. The van der Waals surface area contributed by atoms with E-state index in [4.69, 9.17) is 4.74 Å². The Morgan fingerprint density at radius 3 is 2.08 bits per heavy atom. The highest BCUT2D eigenvalue weighted by Gasteiger charge is 2.15. The normalized spacial score (nSPS) is 11.2. The quantitative estimate of drug-likeness (QED) is 0.141. The van der Waals surface area contributed by atoms with E-state index < -0.39 is 5.91 Å². The zero-order valence-corrected chi connectivity index (χ0v) is 24.3. The topological polar surface area (TPSA) is 67.4 Å². The number of nitrogens with one attached hydrogen (secondary N) is 2. The van der Waals surface area contributed by atoms with Crippen LogP contribution in [-0.4, -0.2) is 18.4 Å². The van der Waals surface area contributed by atoms with E-state index in [-0.39, 0.29) is 11.6 Å². The average Bonchev–Trinajstić information content (AvgIpc) is 2.97. The van der Waals surface area contributed by atoms with Gasteiger partial charge in [-0.25, -0.2) is 0 Å². The van der Waals surface area contributed by atoms with Gasteiger partial charge in [-0.2, -0.15) is 0 Å². The van der Waals surface area contributed by atoms with Crippen LogP contribution in [0.1, 0.15) is 92.3 Å². The van der Waals surface area contributed by atoms with Crippen LogP contribution in [0.25, 0.3) is 6.08 Å². The van der Waals surface area contributed by atoms with Gasteiger partial charge in [0.25, 0.3) is 11.8 Å². The van der Waals surface area contributed by atoms with Crippen molar-refractivity contribution < 1.29 is 14.3 Å². The van der Waals surface area contributed by atoms with Crippen molar-refractivity contribution in [1.29, 1.82) is 0 Å². The molecule has 3 rings (SSSR count). The number of aryl methyl sites for hydroxylation is 2. The highest BCUT2D eigenvalue weighted by molar-refractivity contribution is 6.10. The maximum atomic E-state index is 13.3. The fourth-order valence-electron chi connectivity index (χ4n) is 4.29. The first-order valence-electron chi connectivity index (χ1n) is 14.7. The Kier molecular flexibility index (Phi) is 13.0. The molecule has 212 valence electrons. The van der Waals surface area contributed by atoms with Gasteiger partial charge in [-0.05, 0) is 79.8 Å². The number of hydrogen-bond donors (Lipinski definition) is 2. The number of amides is 2. The van der Waals surface area contributed by atoms with Crippen molar-refractivity contribution in [3.63, 3.8) is 0 Å². The van der Waals surface area contributed by atoms with Crippen LogP contribution in [-0.2, 0) is 11.2 Å². The largest absolute Gasteiger partial charge is 0.494 e. The van der Waals surface area contributed by atoms with Gasteiger partial charge in [0, 0.05) is 11.3 Å². The lowest BCUT2D eigenvalue weighted by molar-refractivity contribution is -0.113. The lowest BCUT2D eigenvalue weighted by Gasteiger charge is -2.12. The lowest BCUT2D eigenvalue weighted by Crippen LogP contribution is -2.30. The molecule has 0 radical (unpaired) electrons. The first-order valence-corrected chi connectivity index (χ1v) is 14.7. The van der Waals surface area contributed by atoms with Crippen molar-refractivity contribution in [3.05, 3.63) is 101 Å². The number of benzene rings is 3. The van der Waals surface area contributed by atoms with E-state index in [9.17, 15) is 9.59 Å². The first kappa shape index (κ1) is 30.7. The Hall–Kier alpha value is -3.86. The summed E-state index contributed by atoms with van der Waals surface area (Å²) < 4.78 is 5.86. The number of carbonyl (C=O) groups excluding carboxylic acids is 2. The zero-order chi connectivity index (χ0) is 28.6. The van der Waals surface area contributed by atoms with Crippen LogP contribution in [0.2, 0.25) is 0 Å². The summed E-state index contributed by atoms with van der Waals surface area (Å²) in [7, 11) is 0.